The third kappa shape index (κ3) is 3.85. The predicted molar refractivity (Wildman–Crippen MR) is 95.8 cm³/mol. The molecule has 138 valence electrons. The van der Waals surface area contributed by atoms with Gasteiger partial charge < -0.3 is 18.8 Å². The number of carbonyl (C=O) groups excluding carboxylic acids is 1. The SMILES string of the molecule is O=C(OCc1cc(F)cc2c1OCOC2)c1cccn1Cc1ccccc1. The van der Waals surface area contributed by atoms with E-state index < -0.39 is 11.8 Å². The fourth-order valence-corrected chi connectivity index (χ4v) is 3.10. The van der Waals surface area contributed by atoms with Crippen LogP contribution < -0.4 is 4.74 Å². The number of hydrogen-bond acceptors (Lipinski definition) is 4. The van der Waals surface area contributed by atoms with Crippen molar-refractivity contribution < 1.29 is 23.4 Å². The Hall–Kier alpha value is -3.12. The molecule has 2 aromatic carbocycles. The first-order valence-corrected chi connectivity index (χ1v) is 8.59. The zero-order chi connectivity index (χ0) is 18.6. The molecule has 27 heavy (non-hydrogen) atoms. The largest absolute Gasteiger partial charge is 0.467 e. The Morgan fingerprint density at radius 2 is 2.00 bits per heavy atom. The number of aromatic nitrogens is 1. The van der Waals surface area contributed by atoms with Gasteiger partial charge in [0, 0.05) is 23.9 Å². The highest BCUT2D eigenvalue weighted by Crippen LogP contribution is 2.30. The summed E-state index contributed by atoms with van der Waals surface area (Å²) in [5.41, 5.74) is 2.62. The molecule has 0 amide bonds. The minimum atomic E-state index is -0.471. The van der Waals surface area contributed by atoms with Crippen LogP contribution in [0, 0.1) is 5.82 Å². The monoisotopic (exact) mass is 367 g/mol. The molecule has 0 radical (unpaired) electrons. The van der Waals surface area contributed by atoms with E-state index in [0.717, 1.165) is 5.56 Å². The number of fused-ring (bicyclic) bond motifs is 1. The highest BCUT2D eigenvalue weighted by Gasteiger charge is 2.19. The van der Waals surface area contributed by atoms with Crippen LogP contribution in [-0.4, -0.2) is 17.3 Å². The summed E-state index contributed by atoms with van der Waals surface area (Å²) in [7, 11) is 0. The van der Waals surface area contributed by atoms with Gasteiger partial charge in [0.2, 0.25) is 0 Å². The molecule has 0 bridgehead atoms. The van der Waals surface area contributed by atoms with E-state index in [9.17, 15) is 9.18 Å². The number of hydrogen-bond donors (Lipinski definition) is 0. The third-order valence-electron chi connectivity index (χ3n) is 4.34. The number of rotatable bonds is 5. The van der Waals surface area contributed by atoms with Crippen molar-refractivity contribution in [2.45, 2.75) is 19.8 Å². The van der Waals surface area contributed by atoms with Gasteiger partial charge in [0.15, 0.2) is 6.79 Å². The topological polar surface area (TPSA) is 49.7 Å². The first-order valence-electron chi connectivity index (χ1n) is 8.59. The Bertz CT molecular complexity index is 952. The average molecular weight is 367 g/mol. The molecule has 1 aromatic heterocycles. The first kappa shape index (κ1) is 17.3. The van der Waals surface area contributed by atoms with E-state index in [1.54, 1.807) is 12.1 Å². The summed E-state index contributed by atoms with van der Waals surface area (Å²) in [6.07, 6.45) is 1.83. The van der Waals surface area contributed by atoms with Crippen LogP contribution in [0.1, 0.15) is 27.2 Å². The summed E-state index contributed by atoms with van der Waals surface area (Å²) < 4.78 is 31.7. The van der Waals surface area contributed by atoms with Gasteiger partial charge in [0.05, 0.1) is 6.61 Å². The summed E-state index contributed by atoms with van der Waals surface area (Å²) in [5, 5.41) is 0. The molecular formula is C21H18FNO4. The van der Waals surface area contributed by atoms with Crippen molar-refractivity contribution >= 4 is 5.97 Å². The molecule has 0 spiro atoms. The van der Waals surface area contributed by atoms with Gasteiger partial charge in [-0.3, -0.25) is 0 Å². The standard InChI is InChI=1S/C21H18FNO4/c22-18-9-16-12-25-14-27-20(16)17(10-18)13-26-21(24)19-7-4-8-23(19)11-15-5-2-1-3-6-15/h1-10H,11-14H2. The lowest BCUT2D eigenvalue weighted by Gasteiger charge is -2.20. The van der Waals surface area contributed by atoms with Crippen LogP contribution in [0.25, 0.3) is 0 Å². The summed E-state index contributed by atoms with van der Waals surface area (Å²) >= 11 is 0. The van der Waals surface area contributed by atoms with E-state index in [-0.39, 0.29) is 20.0 Å². The molecule has 5 nitrogen and oxygen atoms in total. The van der Waals surface area contributed by atoms with Crippen molar-refractivity contribution in [2.75, 3.05) is 6.79 Å². The Morgan fingerprint density at radius 3 is 2.85 bits per heavy atom. The van der Waals surface area contributed by atoms with Crippen molar-refractivity contribution in [1.29, 1.82) is 0 Å². The summed E-state index contributed by atoms with van der Waals surface area (Å²) in [6.45, 7) is 0.858. The minimum Gasteiger partial charge on any atom is -0.467 e. The van der Waals surface area contributed by atoms with Gasteiger partial charge in [-0.05, 0) is 29.8 Å². The first-order chi connectivity index (χ1) is 13.2. The van der Waals surface area contributed by atoms with E-state index in [2.05, 4.69) is 0 Å². The zero-order valence-corrected chi connectivity index (χ0v) is 14.6. The molecular weight excluding hydrogens is 349 g/mol. The van der Waals surface area contributed by atoms with Gasteiger partial charge in [-0.2, -0.15) is 0 Å². The van der Waals surface area contributed by atoms with E-state index in [0.29, 0.717) is 29.1 Å². The molecule has 0 fully saturated rings. The number of halogens is 1. The van der Waals surface area contributed by atoms with Crippen molar-refractivity contribution in [3.05, 3.63) is 89.0 Å². The van der Waals surface area contributed by atoms with Crippen LogP contribution in [0.2, 0.25) is 0 Å². The Balaban J connectivity index is 1.48. The summed E-state index contributed by atoms with van der Waals surface area (Å²) in [6, 6.07) is 16.0. The smallest absolute Gasteiger partial charge is 0.355 e. The predicted octanol–water partition coefficient (Wildman–Crippen LogP) is 3.90. The normalized spacial score (nSPS) is 12.9. The quantitative estimate of drug-likeness (QED) is 0.642. The second kappa shape index (κ2) is 7.63. The van der Waals surface area contributed by atoms with Crippen LogP contribution in [0.5, 0.6) is 5.75 Å². The third-order valence-corrected chi connectivity index (χ3v) is 4.34. The van der Waals surface area contributed by atoms with Gasteiger partial charge in [-0.15, -0.1) is 0 Å². The fraction of sp³-hybridized carbons (Fsp3) is 0.190. The Labute approximate surface area is 155 Å². The lowest BCUT2D eigenvalue weighted by atomic mass is 10.1. The molecule has 0 atom stereocenters. The van der Waals surface area contributed by atoms with E-state index in [4.69, 9.17) is 14.2 Å². The van der Waals surface area contributed by atoms with Gasteiger partial charge in [0.25, 0.3) is 0 Å². The minimum absolute atomic E-state index is 0.0740. The van der Waals surface area contributed by atoms with Crippen LogP contribution in [0.4, 0.5) is 4.39 Å². The fourth-order valence-electron chi connectivity index (χ4n) is 3.10. The van der Waals surface area contributed by atoms with E-state index in [1.165, 1.54) is 12.1 Å². The van der Waals surface area contributed by atoms with Gasteiger partial charge in [-0.25, -0.2) is 9.18 Å². The molecule has 0 saturated heterocycles. The highest BCUT2D eigenvalue weighted by molar-refractivity contribution is 5.87. The maximum Gasteiger partial charge on any atom is 0.355 e. The second-order valence-corrected chi connectivity index (χ2v) is 6.25. The average Bonchev–Trinajstić information content (AvgIpc) is 3.14. The molecule has 4 rings (SSSR count). The molecule has 0 saturated carbocycles. The van der Waals surface area contributed by atoms with Crippen LogP contribution in [-0.2, 0) is 29.2 Å². The number of ether oxygens (including phenoxy) is 3. The lowest BCUT2D eigenvalue weighted by molar-refractivity contribution is -0.0183. The molecule has 6 heteroatoms. The molecule has 1 aliphatic rings. The van der Waals surface area contributed by atoms with Crippen molar-refractivity contribution in [2.24, 2.45) is 0 Å². The van der Waals surface area contributed by atoms with Gasteiger partial charge in [-0.1, -0.05) is 30.3 Å². The zero-order valence-electron chi connectivity index (χ0n) is 14.6. The van der Waals surface area contributed by atoms with Crippen molar-refractivity contribution in [1.82, 2.24) is 4.57 Å². The highest BCUT2D eigenvalue weighted by atomic mass is 19.1. The van der Waals surface area contributed by atoms with Crippen LogP contribution in [0.3, 0.4) is 0 Å². The Kier molecular flexibility index (Phi) is 4.89. The number of nitrogens with zero attached hydrogens (tertiary/aromatic N) is 1. The lowest BCUT2D eigenvalue weighted by Crippen LogP contribution is -2.16. The number of esters is 1. The second-order valence-electron chi connectivity index (χ2n) is 6.25. The molecule has 1 aliphatic heterocycles. The van der Waals surface area contributed by atoms with E-state index >= 15 is 0 Å². The van der Waals surface area contributed by atoms with Crippen LogP contribution in [0.15, 0.2) is 60.8 Å². The Morgan fingerprint density at radius 1 is 1.15 bits per heavy atom. The summed E-state index contributed by atoms with van der Waals surface area (Å²) in [5.74, 6) is -0.363. The van der Waals surface area contributed by atoms with Crippen molar-refractivity contribution in [3.63, 3.8) is 0 Å². The van der Waals surface area contributed by atoms with Gasteiger partial charge >= 0.3 is 5.97 Å². The molecule has 2 heterocycles. The van der Waals surface area contributed by atoms with Gasteiger partial charge in [0.1, 0.15) is 23.9 Å². The molecule has 3 aromatic rings. The summed E-state index contributed by atoms with van der Waals surface area (Å²) in [4.78, 5) is 12.5. The number of benzene rings is 2. The maximum absolute atomic E-state index is 13.8. The van der Waals surface area contributed by atoms with E-state index in [1.807, 2.05) is 41.1 Å². The number of carbonyl (C=O) groups is 1. The molecule has 0 unspecified atom stereocenters. The molecule has 0 N–H and O–H groups in total. The maximum atomic E-state index is 13.8. The van der Waals surface area contributed by atoms with Crippen molar-refractivity contribution in [3.8, 4) is 5.75 Å². The van der Waals surface area contributed by atoms with Crippen LogP contribution >= 0.6 is 0 Å². The molecule has 0 aliphatic carbocycles.